The highest BCUT2D eigenvalue weighted by atomic mass is 32.2. The number of aryl methyl sites for hydroxylation is 1. The van der Waals surface area contributed by atoms with Gasteiger partial charge in [0.05, 0.1) is 0 Å². The van der Waals surface area contributed by atoms with Crippen LogP contribution in [0.3, 0.4) is 0 Å². The fourth-order valence-corrected chi connectivity index (χ4v) is 2.68. The molecule has 0 saturated heterocycles. The minimum absolute atomic E-state index is 1.13. The van der Waals surface area contributed by atoms with Crippen molar-refractivity contribution in [1.82, 2.24) is 0 Å². The normalized spacial score (nSPS) is 11.5. The van der Waals surface area contributed by atoms with E-state index in [4.69, 9.17) is 0 Å². The van der Waals surface area contributed by atoms with Gasteiger partial charge < -0.3 is 0 Å². The van der Waals surface area contributed by atoms with Crippen molar-refractivity contribution in [2.75, 3.05) is 5.75 Å². The SMILES string of the molecule is C/C(=C\c1ccccc1)SCCc1ccccc1. The van der Waals surface area contributed by atoms with Crippen LogP contribution in [0.2, 0.25) is 0 Å². The molecule has 0 amide bonds. The standard InChI is InChI=1S/C17H18S/c1-15(14-17-10-6-3-7-11-17)18-13-12-16-8-4-2-5-9-16/h2-11,14H,12-13H2,1H3/b15-14+. The Kier molecular flexibility index (Phi) is 5.10. The molecular formula is C17H18S. The summed E-state index contributed by atoms with van der Waals surface area (Å²) in [5.41, 5.74) is 2.69. The molecule has 0 unspecified atom stereocenters. The molecule has 0 saturated carbocycles. The van der Waals surface area contributed by atoms with Gasteiger partial charge >= 0.3 is 0 Å². The van der Waals surface area contributed by atoms with Crippen molar-refractivity contribution in [1.29, 1.82) is 0 Å². The first-order valence-corrected chi connectivity index (χ1v) is 7.23. The quantitative estimate of drug-likeness (QED) is 0.721. The molecule has 0 spiro atoms. The van der Waals surface area contributed by atoms with Crippen LogP contribution in [-0.4, -0.2) is 5.75 Å². The van der Waals surface area contributed by atoms with Crippen LogP contribution in [0.1, 0.15) is 18.1 Å². The molecule has 0 heterocycles. The van der Waals surface area contributed by atoms with E-state index in [2.05, 4.69) is 73.7 Å². The maximum atomic E-state index is 2.25. The minimum Gasteiger partial charge on any atom is -0.131 e. The number of benzene rings is 2. The summed E-state index contributed by atoms with van der Waals surface area (Å²) in [4.78, 5) is 1.37. The lowest BCUT2D eigenvalue weighted by molar-refractivity contribution is 1.16. The van der Waals surface area contributed by atoms with Crippen molar-refractivity contribution < 1.29 is 0 Å². The van der Waals surface area contributed by atoms with E-state index in [1.165, 1.54) is 16.0 Å². The van der Waals surface area contributed by atoms with Crippen molar-refractivity contribution in [2.45, 2.75) is 13.3 Å². The number of rotatable bonds is 5. The summed E-state index contributed by atoms with van der Waals surface area (Å²) in [6.07, 6.45) is 3.38. The fraction of sp³-hybridized carbons (Fsp3) is 0.176. The molecule has 0 N–H and O–H groups in total. The Morgan fingerprint density at radius 1 is 0.944 bits per heavy atom. The molecule has 2 aromatic rings. The average Bonchev–Trinajstić information content (AvgIpc) is 2.41. The Labute approximate surface area is 114 Å². The van der Waals surface area contributed by atoms with E-state index in [-0.39, 0.29) is 0 Å². The van der Waals surface area contributed by atoms with Gasteiger partial charge in [0.15, 0.2) is 0 Å². The van der Waals surface area contributed by atoms with E-state index in [0.29, 0.717) is 0 Å². The Hall–Kier alpha value is -1.47. The predicted molar refractivity (Wildman–Crippen MR) is 82.7 cm³/mol. The van der Waals surface area contributed by atoms with E-state index in [1.54, 1.807) is 0 Å². The molecule has 0 aliphatic heterocycles. The largest absolute Gasteiger partial charge is 0.131 e. The molecule has 2 aromatic carbocycles. The molecule has 1 heteroatoms. The van der Waals surface area contributed by atoms with Crippen LogP contribution in [-0.2, 0) is 6.42 Å². The highest BCUT2D eigenvalue weighted by Crippen LogP contribution is 2.19. The Bertz CT molecular complexity index is 486. The van der Waals surface area contributed by atoms with Crippen LogP contribution in [0.25, 0.3) is 6.08 Å². The smallest absolute Gasteiger partial charge is 0.00172 e. The van der Waals surface area contributed by atoms with Crippen LogP contribution in [0.4, 0.5) is 0 Å². The second-order valence-corrected chi connectivity index (χ2v) is 5.59. The summed E-state index contributed by atoms with van der Waals surface area (Å²) >= 11 is 1.93. The van der Waals surface area contributed by atoms with E-state index >= 15 is 0 Å². The van der Waals surface area contributed by atoms with Crippen LogP contribution in [0, 0.1) is 0 Å². The van der Waals surface area contributed by atoms with Gasteiger partial charge in [-0.2, -0.15) is 0 Å². The lowest BCUT2D eigenvalue weighted by Crippen LogP contribution is -1.87. The third-order valence-electron chi connectivity index (χ3n) is 2.73. The molecule has 0 aromatic heterocycles. The van der Waals surface area contributed by atoms with E-state index < -0.39 is 0 Å². The van der Waals surface area contributed by atoms with Gasteiger partial charge in [0, 0.05) is 5.75 Å². The molecule has 2 rings (SSSR count). The molecule has 0 aliphatic rings. The summed E-state index contributed by atoms with van der Waals surface area (Å²) < 4.78 is 0. The Morgan fingerprint density at radius 2 is 1.56 bits per heavy atom. The Morgan fingerprint density at radius 3 is 2.22 bits per heavy atom. The molecule has 0 fully saturated rings. The van der Waals surface area contributed by atoms with Crippen LogP contribution < -0.4 is 0 Å². The predicted octanol–water partition coefficient (Wildman–Crippen LogP) is 5.02. The number of allylic oxidation sites excluding steroid dienone is 1. The lowest BCUT2D eigenvalue weighted by Gasteiger charge is -2.02. The van der Waals surface area contributed by atoms with Gasteiger partial charge in [0.1, 0.15) is 0 Å². The third-order valence-corrected chi connectivity index (χ3v) is 3.71. The molecule has 92 valence electrons. The third kappa shape index (κ3) is 4.42. The van der Waals surface area contributed by atoms with Crippen molar-refractivity contribution in [3.63, 3.8) is 0 Å². The number of hydrogen-bond donors (Lipinski definition) is 0. The number of hydrogen-bond acceptors (Lipinski definition) is 1. The van der Waals surface area contributed by atoms with Gasteiger partial charge in [-0.05, 0) is 35.5 Å². The lowest BCUT2D eigenvalue weighted by atomic mass is 10.2. The molecule has 18 heavy (non-hydrogen) atoms. The van der Waals surface area contributed by atoms with E-state index in [0.717, 1.165) is 12.2 Å². The first-order valence-electron chi connectivity index (χ1n) is 6.25. The number of thioether (sulfide) groups is 1. The highest BCUT2D eigenvalue weighted by Gasteiger charge is 1.95. The maximum absolute atomic E-state index is 2.25. The van der Waals surface area contributed by atoms with Gasteiger partial charge in [-0.1, -0.05) is 60.7 Å². The van der Waals surface area contributed by atoms with Crippen molar-refractivity contribution in [3.05, 3.63) is 76.7 Å². The van der Waals surface area contributed by atoms with Crippen molar-refractivity contribution >= 4 is 17.8 Å². The molecule has 0 aliphatic carbocycles. The summed E-state index contributed by atoms with van der Waals surface area (Å²) in [6, 6.07) is 21.1. The molecule has 0 radical (unpaired) electrons. The van der Waals surface area contributed by atoms with Crippen molar-refractivity contribution in [3.8, 4) is 0 Å². The summed E-state index contributed by atoms with van der Waals surface area (Å²) in [5.74, 6) is 1.14. The topological polar surface area (TPSA) is 0 Å². The summed E-state index contributed by atoms with van der Waals surface area (Å²) in [5, 5.41) is 0. The van der Waals surface area contributed by atoms with Crippen LogP contribution >= 0.6 is 11.8 Å². The average molecular weight is 254 g/mol. The molecule has 0 nitrogen and oxygen atoms in total. The first kappa shape index (κ1) is 13.0. The van der Waals surface area contributed by atoms with Gasteiger partial charge in [-0.15, -0.1) is 11.8 Å². The maximum Gasteiger partial charge on any atom is 0.00172 e. The molecule has 0 bridgehead atoms. The van der Waals surface area contributed by atoms with Gasteiger partial charge in [-0.25, -0.2) is 0 Å². The summed E-state index contributed by atoms with van der Waals surface area (Å²) in [7, 11) is 0. The molecule has 0 atom stereocenters. The van der Waals surface area contributed by atoms with E-state index in [1.807, 2.05) is 11.8 Å². The van der Waals surface area contributed by atoms with Gasteiger partial charge in [-0.3, -0.25) is 0 Å². The van der Waals surface area contributed by atoms with Gasteiger partial charge in [0.2, 0.25) is 0 Å². The minimum atomic E-state index is 1.13. The zero-order valence-corrected chi connectivity index (χ0v) is 11.5. The zero-order valence-electron chi connectivity index (χ0n) is 10.7. The van der Waals surface area contributed by atoms with E-state index in [9.17, 15) is 0 Å². The summed E-state index contributed by atoms with van der Waals surface area (Å²) in [6.45, 7) is 2.18. The molecular weight excluding hydrogens is 236 g/mol. The van der Waals surface area contributed by atoms with Crippen LogP contribution in [0.5, 0.6) is 0 Å². The zero-order chi connectivity index (χ0) is 12.6. The van der Waals surface area contributed by atoms with Crippen LogP contribution in [0.15, 0.2) is 65.6 Å². The van der Waals surface area contributed by atoms with Gasteiger partial charge in [0.25, 0.3) is 0 Å². The second-order valence-electron chi connectivity index (χ2n) is 4.25. The first-order chi connectivity index (χ1) is 8.84. The Balaban J connectivity index is 1.82. The monoisotopic (exact) mass is 254 g/mol. The fourth-order valence-electron chi connectivity index (χ4n) is 1.80. The highest BCUT2D eigenvalue weighted by molar-refractivity contribution is 8.03. The second kappa shape index (κ2) is 7.07. The van der Waals surface area contributed by atoms with Crippen molar-refractivity contribution in [2.24, 2.45) is 0 Å².